The molecule has 0 saturated heterocycles. The minimum Gasteiger partial charge on any atom is -0.370 e. The van der Waals surface area contributed by atoms with Gasteiger partial charge in [0.15, 0.2) is 0 Å². The molecule has 0 aliphatic rings. The lowest BCUT2D eigenvalue weighted by atomic mass is 9.83. The number of amides is 2. The van der Waals surface area contributed by atoms with Gasteiger partial charge in [-0.25, -0.2) is 0 Å². The van der Waals surface area contributed by atoms with Crippen LogP contribution in [0, 0.1) is 11.3 Å². The third-order valence-corrected chi connectivity index (χ3v) is 1.71. The first kappa shape index (κ1) is 11.9. The zero-order chi connectivity index (χ0) is 10.6. The second kappa shape index (κ2) is 4.25. The van der Waals surface area contributed by atoms with E-state index < -0.39 is 17.7 Å². The lowest BCUT2D eigenvalue weighted by molar-refractivity contribution is -0.127. The number of hydrogen-bond acceptors (Lipinski definition) is 2. The molecule has 1 unspecified atom stereocenters. The second-order valence-corrected chi connectivity index (χ2v) is 4.53. The molecule has 0 aromatic rings. The quantitative estimate of drug-likeness (QED) is 0.665. The summed E-state index contributed by atoms with van der Waals surface area (Å²) in [6.07, 6.45) is 0.637. The van der Waals surface area contributed by atoms with Crippen molar-refractivity contribution in [3.63, 3.8) is 0 Å². The summed E-state index contributed by atoms with van der Waals surface area (Å²) in [6.45, 7) is 5.97. The van der Waals surface area contributed by atoms with Crippen molar-refractivity contribution in [3.05, 3.63) is 0 Å². The van der Waals surface area contributed by atoms with Crippen molar-refractivity contribution in [2.75, 3.05) is 0 Å². The minimum atomic E-state index is -0.479. The molecule has 0 aromatic carbocycles. The molecular weight excluding hydrogens is 168 g/mol. The Hall–Kier alpha value is -1.06. The van der Waals surface area contributed by atoms with Gasteiger partial charge in [0.2, 0.25) is 11.8 Å². The highest BCUT2D eigenvalue weighted by molar-refractivity contribution is 5.83. The topological polar surface area (TPSA) is 86.2 Å². The molecule has 0 heterocycles. The molecule has 1 atom stereocenters. The van der Waals surface area contributed by atoms with Crippen LogP contribution in [0.5, 0.6) is 0 Å². The fourth-order valence-corrected chi connectivity index (χ4v) is 1.26. The third-order valence-electron chi connectivity index (χ3n) is 1.71. The molecule has 76 valence electrons. The van der Waals surface area contributed by atoms with Crippen LogP contribution in [0.3, 0.4) is 0 Å². The summed E-state index contributed by atoms with van der Waals surface area (Å²) in [6, 6.07) is 0. The molecule has 4 nitrogen and oxygen atoms in total. The normalized spacial score (nSPS) is 13.8. The number of carbonyl (C=O) groups is 2. The molecule has 2 amide bonds. The predicted octanol–water partition coefficient (Wildman–Crippen LogP) is 0.399. The number of hydrogen-bond donors (Lipinski definition) is 2. The van der Waals surface area contributed by atoms with E-state index in [1.54, 1.807) is 0 Å². The van der Waals surface area contributed by atoms with Gasteiger partial charge in [-0.05, 0) is 11.8 Å². The standard InChI is InChI=1S/C9H18N2O2/c1-9(2,3)5-6(8(11)13)4-7(10)12/h6H,4-5H2,1-3H3,(H2,10,12)(H2,11,13). The van der Waals surface area contributed by atoms with Gasteiger partial charge >= 0.3 is 0 Å². The number of primary amides is 2. The van der Waals surface area contributed by atoms with Crippen molar-refractivity contribution in [3.8, 4) is 0 Å². The summed E-state index contributed by atoms with van der Waals surface area (Å²) < 4.78 is 0. The SMILES string of the molecule is CC(C)(C)CC(CC(N)=O)C(N)=O. The third kappa shape index (κ3) is 6.13. The molecule has 0 fully saturated rings. The van der Waals surface area contributed by atoms with Gasteiger partial charge in [0.05, 0.1) is 0 Å². The summed E-state index contributed by atoms with van der Waals surface area (Å²) in [7, 11) is 0. The van der Waals surface area contributed by atoms with Crippen molar-refractivity contribution >= 4 is 11.8 Å². The number of carbonyl (C=O) groups excluding carboxylic acids is 2. The van der Waals surface area contributed by atoms with E-state index in [-0.39, 0.29) is 11.8 Å². The van der Waals surface area contributed by atoms with E-state index in [1.165, 1.54) is 0 Å². The Morgan fingerprint density at radius 2 is 1.69 bits per heavy atom. The zero-order valence-electron chi connectivity index (χ0n) is 8.46. The molecule has 4 N–H and O–H groups in total. The fourth-order valence-electron chi connectivity index (χ4n) is 1.26. The van der Waals surface area contributed by atoms with Crippen molar-refractivity contribution in [1.82, 2.24) is 0 Å². The average Bonchev–Trinajstić information content (AvgIpc) is 1.81. The van der Waals surface area contributed by atoms with Crippen LogP contribution >= 0.6 is 0 Å². The lowest BCUT2D eigenvalue weighted by Gasteiger charge is -2.22. The van der Waals surface area contributed by atoms with E-state index in [4.69, 9.17) is 11.5 Å². The number of nitrogens with two attached hydrogens (primary N) is 2. The van der Waals surface area contributed by atoms with E-state index >= 15 is 0 Å². The maximum absolute atomic E-state index is 10.9. The summed E-state index contributed by atoms with van der Waals surface area (Å²) in [5.41, 5.74) is 10.1. The molecule has 0 aliphatic carbocycles. The number of rotatable bonds is 4. The molecule has 13 heavy (non-hydrogen) atoms. The Balaban J connectivity index is 4.27. The maximum atomic E-state index is 10.9. The van der Waals surface area contributed by atoms with Crippen molar-refractivity contribution in [1.29, 1.82) is 0 Å². The van der Waals surface area contributed by atoms with Gasteiger partial charge in [0.1, 0.15) is 0 Å². The average molecular weight is 186 g/mol. The molecule has 0 aliphatic heterocycles. The van der Waals surface area contributed by atoms with Gasteiger partial charge in [-0.3, -0.25) is 9.59 Å². The van der Waals surface area contributed by atoms with Gasteiger partial charge in [0.25, 0.3) is 0 Å². The van der Waals surface area contributed by atoms with Crippen molar-refractivity contribution < 1.29 is 9.59 Å². The Kier molecular flexibility index (Phi) is 3.91. The van der Waals surface area contributed by atoms with Crippen LogP contribution in [0.25, 0.3) is 0 Å². The van der Waals surface area contributed by atoms with Crippen LogP contribution in [0.1, 0.15) is 33.6 Å². The molecule has 0 rings (SSSR count). The molecule has 4 heteroatoms. The van der Waals surface area contributed by atoms with Gasteiger partial charge < -0.3 is 11.5 Å². The molecule has 0 radical (unpaired) electrons. The summed E-state index contributed by atoms with van der Waals surface area (Å²) in [4.78, 5) is 21.5. The van der Waals surface area contributed by atoms with Crippen LogP contribution in [0.4, 0.5) is 0 Å². The van der Waals surface area contributed by atoms with E-state index in [1.807, 2.05) is 20.8 Å². The monoisotopic (exact) mass is 186 g/mol. The van der Waals surface area contributed by atoms with Gasteiger partial charge in [-0.2, -0.15) is 0 Å². The summed E-state index contributed by atoms with van der Waals surface area (Å²) in [5.74, 6) is -1.36. The smallest absolute Gasteiger partial charge is 0.221 e. The minimum absolute atomic E-state index is 0.0187. The van der Waals surface area contributed by atoms with E-state index in [9.17, 15) is 9.59 Å². The summed E-state index contributed by atoms with van der Waals surface area (Å²) in [5, 5.41) is 0. The van der Waals surface area contributed by atoms with E-state index in [2.05, 4.69) is 0 Å². The van der Waals surface area contributed by atoms with Gasteiger partial charge in [-0.1, -0.05) is 20.8 Å². The highest BCUT2D eigenvalue weighted by Gasteiger charge is 2.24. The van der Waals surface area contributed by atoms with Crippen LogP contribution in [0.2, 0.25) is 0 Å². The predicted molar refractivity (Wildman–Crippen MR) is 50.6 cm³/mol. The summed E-state index contributed by atoms with van der Waals surface area (Å²) >= 11 is 0. The molecular formula is C9H18N2O2. The van der Waals surface area contributed by atoms with Gasteiger partial charge in [0, 0.05) is 12.3 Å². The van der Waals surface area contributed by atoms with E-state index in [0.717, 1.165) is 0 Å². The first-order valence-electron chi connectivity index (χ1n) is 4.30. The fraction of sp³-hybridized carbons (Fsp3) is 0.778. The van der Waals surface area contributed by atoms with Crippen molar-refractivity contribution in [2.45, 2.75) is 33.6 Å². The molecule has 0 aromatic heterocycles. The highest BCUT2D eigenvalue weighted by Crippen LogP contribution is 2.25. The lowest BCUT2D eigenvalue weighted by Crippen LogP contribution is -2.31. The zero-order valence-corrected chi connectivity index (χ0v) is 8.46. The van der Waals surface area contributed by atoms with Crippen molar-refractivity contribution in [2.24, 2.45) is 22.8 Å². The van der Waals surface area contributed by atoms with Crippen LogP contribution in [-0.2, 0) is 9.59 Å². The molecule has 0 saturated carbocycles. The highest BCUT2D eigenvalue weighted by atomic mass is 16.2. The van der Waals surface area contributed by atoms with E-state index in [0.29, 0.717) is 6.42 Å². The Bertz CT molecular complexity index is 206. The first-order chi connectivity index (χ1) is 5.72. The first-order valence-corrected chi connectivity index (χ1v) is 4.30. The van der Waals surface area contributed by atoms with Crippen LogP contribution < -0.4 is 11.5 Å². The Morgan fingerprint density at radius 1 is 1.23 bits per heavy atom. The van der Waals surface area contributed by atoms with Crippen LogP contribution in [0.15, 0.2) is 0 Å². The largest absolute Gasteiger partial charge is 0.370 e. The second-order valence-electron chi connectivity index (χ2n) is 4.53. The van der Waals surface area contributed by atoms with Gasteiger partial charge in [-0.15, -0.1) is 0 Å². The van der Waals surface area contributed by atoms with Crippen LogP contribution in [-0.4, -0.2) is 11.8 Å². The Labute approximate surface area is 78.7 Å². The molecule has 0 spiro atoms. The molecule has 0 bridgehead atoms. The maximum Gasteiger partial charge on any atom is 0.221 e. The Morgan fingerprint density at radius 3 is 1.92 bits per heavy atom.